The Morgan fingerprint density at radius 3 is 2.60 bits per heavy atom. The van der Waals surface area contributed by atoms with Gasteiger partial charge in [-0.25, -0.2) is 4.98 Å². The number of hydrogen-bond donors (Lipinski definition) is 0. The summed E-state index contributed by atoms with van der Waals surface area (Å²) in [4.78, 5) is 4.83. The van der Waals surface area contributed by atoms with E-state index in [0.717, 1.165) is 46.2 Å². The zero-order valence-electron chi connectivity index (χ0n) is 17.4. The summed E-state index contributed by atoms with van der Waals surface area (Å²) in [5.74, 6) is 3.25. The second-order valence-electron chi connectivity index (χ2n) is 8.12. The first-order valence-electron chi connectivity index (χ1n) is 10.1. The first-order valence-corrected chi connectivity index (χ1v) is 10.1. The summed E-state index contributed by atoms with van der Waals surface area (Å²) < 4.78 is 19.8. The van der Waals surface area contributed by atoms with Crippen LogP contribution >= 0.6 is 0 Å². The van der Waals surface area contributed by atoms with E-state index in [2.05, 4.69) is 30.5 Å². The summed E-state index contributed by atoms with van der Waals surface area (Å²) in [6.45, 7) is 4.53. The summed E-state index contributed by atoms with van der Waals surface area (Å²) in [5.41, 5.74) is 3.96. The second-order valence-corrected chi connectivity index (χ2v) is 8.12. The number of rotatable bonds is 5. The molecule has 0 saturated carbocycles. The lowest BCUT2D eigenvalue weighted by Crippen LogP contribution is -2.24. The molecule has 0 unspecified atom stereocenters. The minimum absolute atomic E-state index is 0.210. The third kappa shape index (κ3) is 3.26. The van der Waals surface area contributed by atoms with Crippen LogP contribution in [0, 0.1) is 0 Å². The number of para-hydroxylation sites is 3. The van der Waals surface area contributed by atoms with E-state index in [4.69, 9.17) is 19.2 Å². The Labute approximate surface area is 175 Å². The van der Waals surface area contributed by atoms with Crippen molar-refractivity contribution < 1.29 is 14.2 Å². The van der Waals surface area contributed by atoms with Crippen LogP contribution in [-0.4, -0.2) is 22.3 Å². The first-order chi connectivity index (χ1) is 14.5. The lowest BCUT2D eigenvalue weighted by molar-refractivity contribution is 0.131. The van der Waals surface area contributed by atoms with Crippen molar-refractivity contribution in [3.8, 4) is 22.9 Å². The number of imidazole rings is 1. The van der Waals surface area contributed by atoms with Crippen LogP contribution < -0.4 is 14.2 Å². The molecule has 5 heteroatoms. The van der Waals surface area contributed by atoms with Crippen LogP contribution in [0.15, 0.2) is 66.7 Å². The normalized spacial score (nSPS) is 14.4. The number of benzene rings is 3. The third-order valence-electron chi connectivity index (χ3n) is 5.37. The lowest BCUT2D eigenvalue weighted by Gasteiger charge is -2.18. The molecule has 3 aromatic carbocycles. The van der Waals surface area contributed by atoms with Gasteiger partial charge in [-0.2, -0.15) is 0 Å². The van der Waals surface area contributed by atoms with E-state index in [9.17, 15) is 0 Å². The van der Waals surface area contributed by atoms with Gasteiger partial charge in [0.15, 0.2) is 17.3 Å². The average molecular weight is 400 g/mol. The number of methoxy groups -OCH3 is 1. The molecule has 1 aliphatic rings. The Bertz CT molecular complexity index is 1210. The molecule has 30 heavy (non-hydrogen) atoms. The SMILES string of the molecule is COc1ccc(-n2c(COc3cccc4c3OC(C)(C)C4)nc3ccccc32)cc1. The van der Waals surface area contributed by atoms with Crippen LogP contribution in [0.1, 0.15) is 25.2 Å². The van der Waals surface area contributed by atoms with Gasteiger partial charge in [0.2, 0.25) is 0 Å². The molecule has 5 nitrogen and oxygen atoms in total. The van der Waals surface area contributed by atoms with Gasteiger partial charge in [0.1, 0.15) is 18.0 Å². The van der Waals surface area contributed by atoms with Crippen molar-refractivity contribution in [2.24, 2.45) is 0 Å². The smallest absolute Gasteiger partial charge is 0.165 e. The van der Waals surface area contributed by atoms with Crippen molar-refractivity contribution in [1.29, 1.82) is 0 Å². The van der Waals surface area contributed by atoms with E-state index < -0.39 is 0 Å². The number of nitrogens with zero attached hydrogens (tertiary/aromatic N) is 2. The largest absolute Gasteiger partial charge is 0.497 e. The van der Waals surface area contributed by atoms with Gasteiger partial charge in [-0.1, -0.05) is 24.3 Å². The molecule has 0 radical (unpaired) electrons. The molecule has 1 aliphatic heterocycles. The van der Waals surface area contributed by atoms with Crippen LogP contribution in [0.4, 0.5) is 0 Å². The zero-order chi connectivity index (χ0) is 20.7. The highest BCUT2D eigenvalue weighted by Crippen LogP contribution is 2.42. The molecular weight excluding hydrogens is 376 g/mol. The molecule has 0 spiro atoms. The third-order valence-corrected chi connectivity index (χ3v) is 5.37. The Hall–Kier alpha value is -3.47. The van der Waals surface area contributed by atoms with Crippen LogP contribution in [0.2, 0.25) is 0 Å². The maximum absolute atomic E-state index is 6.23. The van der Waals surface area contributed by atoms with E-state index >= 15 is 0 Å². The Morgan fingerprint density at radius 1 is 1.00 bits per heavy atom. The summed E-state index contributed by atoms with van der Waals surface area (Å²) >= 11 is 0. The van der Waals surface area contributed by atoms with E-state index in [0.29, 0.717) is 6.61 Å². The number of hydrogen-bond acceptors (Lipinski definition) is 4. The molecule has 4 aromatic rings. The zero-order valence-corrected chi connectivity index (χ0v) is 17.4. The van der Waals surface area contributed by atoms with Gasteiger partial charge in [0.25, 0.3) is 0 Å². The number of aromatic nitrogens is 2. The predicted octanol–water partition coefficient (Wildman–Crippen LogP) is 5.33. The minimum atomic E-state index is -0.210. The van der Waals surface area contributed by atoms with Crippen LogP contribution in [0.5, 0.6) is 17.2 Å². The highest BCUT2D eigenvalue weighted by atomic mass is 16.5. The summed E-state index contributed by atoms with van der Waals surface area (Å²) in [7, 11) is 1.67. The molecule has 0 bridgehead atoms. The van der Waals surface area contributed by atoms with Crippen molar-refractivity contribution in [3.05, 3.63) is 78.1 Å². The molecule has 0 amide bonds. The van der Waals surface area contributed by atoms with Gasteiger partial charge in [0.05, 0.1) is 18.1 Å². The van der Waals surface area contributed by atoms with Crippen LogP contribution in [0.25, 0.3) is 16.7 Å². The van der Waals surface area contributed by atoms with Gasteiger partial charge >= 0.3 is 0 Å². The molecule has 0 aliphatic carbocycles. The molecule has 1 aromatic heterocycles. The van der Waals surface area contributed by atoms with E-state index in [1.807, 2.05) is 54.6 Å². The monoisotopic (exact) mass is 400 g/mol. The topological polar surface area (TPSA) is 45.5 Å². The molecule has 0 N–H and O–H groups in total. The molecule has 5 rings (SSSR count). The second kappa shape index (κ2) is 7.10. The summed E-state index contributed by atoms with van der Waals surface area (Å²) in [6, 6.07) is 22.2. The van der Waals surface area contributed by atoms with Gasteiger partial charge in [-0.3, -0.25) is 4.57 Å². The first kappa shape index (κ1) is 18.6. The summed E-state index contributed by atoms with van der Waals surface area (Å²) in [5, 5.41) is 0. The molecule has 0 atom stereocenters. The molecule has 152 valence electrons. The Balaban J connectivity index is 1.51. The Kier molecular flexibility index (Phi) is 4.39. The standard InChI is InChI=1S/C25H24N2O3/c1-25(2)15-17-7-6-10-22(24(17)30-25)29-16-23-26-20-8-4-5-9-21(20)27(23)18-11-13-19(28-3)14-12-18/h4-14H,15-16H2,1-3H3. The lowest BCUT2D eigenvalue weighted by atomic mass is 10.0. The van der Waals surface area contributed by atoms with Gasteiger partial charge < -0.3 is 14.2 Å². The van der Waals surface area contributed by atoms with Crippen molar-refractivity contribution in [3.63, 3.8) is 0 Å². The maximum atomic E-state index is 6.23. The van der Waals surface area contributed by atoms with Crippen molar-refractivity contribution in [1.82, 2.24) is 9.55 Å². The fourth-order valence-electron chi connectivity index (χ4n) is 4.04. The fourth-order valence-corrected chi connectivity index (χ4v) is 4.04. The van der Waals surface area contributed by atoms with Gasteiger partial charge in [0, 0.05) is 17.7 Å². The van der Waals surface area contributed by atoms with Crippen molar-refractivity contribution >= 4 is 11.0 Å². The predicted molar refractivity (Wildman–Crippen MR) is 117 cm³/mol. The molecule has 0 saturated heterocycles. The highest BCUT2D eigenvalue weighted by molar-refractivity contribution is 5.78. The number of fused-ring (bicyclic) bond motifs is 2. The molecule has 2 heterocycles. The van der Waals surface area contributed by atoms with Crippen molar-refractivity contribution in [2.45, 2.75) is 32.5 Å². The maximum Gasteiger partial charge on any atom is 0.165 e. The molecular formula is C25H24N2O3. The van der Waals surface area contributed by atoms with E-state index in [1.165, 1.54) is 5.56 Å². The van der Waals surface area contributed by atoms with Crippen LogP contribution in [-0.2, 0) is 13.0 Å². The average Bonchev–Trinajstić information content (AvgIpc) is 3.28. The van der Waals surface area contributed by atoms with E-state index in [-0.39, 0.29) is 5.60 Å². The Morgan fingerprint density at radius 2 is 1.80 bits per heavy atom. The van der Waals surface area contributed by atoms with E-state index in [1.54, 1.807) is 7.11 Å². The van der Waals surface area contributed by atoms with Gasteiger partial charge in [-0.15, -0.1) is 0 Å². The number of ether oxygens (including phenoxy) is 3. The minimum Gasteiger partial charge on any atom is -0.497 e. The van der Waals surface area contributed by atoms with Crippen molar-refractivity contribution in [2.75, 3.05) is 7.11 Å². The molecule has 0 fully saturated rings. The quantitative estimate of drug-likeness (QED) is 0.454. The fraction of sp³-hybridized carbons (Fsp3) is 0.240. The summed E-state index contributed by atoms with van der Waals surface area (Å²) in [6.07, 6.45) is 0.879. The van der Waals surface area contributed by atoms with Gasteiger partial charge in [-0.05, 0) is 56.3 Å². The highest BCUT2D eigenvalue weighted by Gasteiger charge is 2.32. The van der Waals surface area contributed by atoms with Crippen LogP contribution in [0.3, 0.4) is 0 Å².